The van der Waals surface area contributed by atoms with Crippen LogP contribution in [-0.2, 0) is 19.6 Å². The van der Waals surface area contributed by atoms with E-state index < -0.39 is 0 Å². The summed E-state index contributed by atoms with van der Waals surface area (Å²) in [7, 11) is 0. The molecule has 0 fully saturated rings. The van der Waals surface area contributed by atoms with Crippen molar-refractivity contribution in [2.24, 2.45) is 5.92 Å². The summed E-state index contributed by atoms with van der Waals surface area (Å²) in [6.07, 6.45) is 6.51. The van der Waals surface area contributed by atoms with Crippen LogP contribution in [0, 0.1) is 5.92 Å². The predicted molar refractivity (Wildman–Crippen MR) is 99.3 cm³/mol. The van der Waals surface area contributed by atoms with Crippen molar-refractivity contribution in [3.8, 4) is 0 Å². The Hall–Kier alpha value is -2.25. The number of aromatic nitrogens is 4. The van der Waals surface area contributed by atoms with Crippen molar-refractivity contribution in [2.75, 3.05) is 18.4 Å². The second-order valence-corrected chi connectivity index (χ2v) is 7.44. The summed E-state index contributed by atoms with van der Waals surface area (Å²) in [6.45, 7) is 4.90. The Kier molecular flexibility index (Phi) is 5.03. The molecule has 1 aliphatic heterocycles. The largest absolute Gasteiger partial charge is 0.354 e. The molecule has 0 unspecified atom stereocenters. The van der Waals surface area contributed by atoms with Gasteiger partial charge < -0.3 is 5.32 Å². The molecule has 4 heterocycles. The predicted octanol–water partition coefficient (Wildman–Crippen LogP) is 2.87. The van der Waals surface area contributed by atoms with Gasteiger partial charge in [0, 0.05) is 56.2 Å². The number of anilines is 1. The Bertz CT molecular complexity index is 770. The first-order valence-corrected chi connectivity index (χ1v) is 9.51. The first-order valence-electron chi connectivity index (χ1n) is 8.63. The van der Waals surface area contributed by atoms with E-state index in [1.54, 1.807) is 12.4 Å². The van der Waals surface area contributed by atoms with Crippen LogP contribution in [0.25, 0.3) is 0 Å². The van der Waals surface area contributed by atoms with Crippen LogP contribution in [0.3, 0.4) is 0 Å². The van der Waals surface area contributed by atoms with E-state index in [0.717, 1.165) is 39.1 Å². The number of hydrogen-bond donors (Lipinski definition) is 1. The van der Waals surface area contributed by atoms with Gasteiger partial charge in [-0.3, -0.25) is 9.58 Å². The molecule has 0 saturated heterocycles. The third-order valence-electron chi connectivity index (χ3n) is 4.50. The molecule has 3 aromatic heterocycles. The molecule has 1 N–H and O–H groups in total. The summed E-state index contributed by atoms with van der Waals surface area (Å²) in [5.74, 6) is 1.25. The smallest absolute Gasteiger partial charge is 0.222 e. The maximum Gasteiger partial charge on any atom is 0.222 e. The van der Waals surface area contributed by atoms with E-state index in [0.29, 0.717) is 11.9 Å². The van der Waals surface area contributed by atoms with Gasteiger partial charge in [0.15, 0.2) is 0 Å². The Balaban J connectivity index is 1.40. The van der Waals surface area contributed by atoms with E-state index in [4.69, 9.17) is 0 Å². The molecule has 0 aliphatic carbocycles. The third-order valence-corrected chi connectivity index (χ3v) is 5.36. The average molecular weight is 354 g/mol. The lowest BCUT2D eigenvalue weighted by molar-refractivity contribution is 0.218. The zero-order valence-electron chi connectivity index (χ0n) is 14.1. The monoisotopic (exact) mass is 354 g/mol. The molecule has 6 nitrogen and oxygen atoms in total. The standard InChI is InChI=1S/C18H22N6S/c1-3-17(25-10-1)14-23-11-15(12-24-16(13-23)5-9-22-24)4-8-21-18-19-6-2-7-20-18/h1-3,5-7,9-10,15H,4,8,11-14H2,(H,19,20,21)/t15-/m0/s1. The SMILES string of the molecule is c1cnc(NCC[C@H]2CN(Cc3cccs3)Cc3ccnn3C2)nc1. The van der Waals surface area contributed by atoms with E-state index in [1.807, 2.05) is 23.6 Å². The van der Waals surface area contributed by atoms with E-state index in [2.05, 4.69) is 53.5 Å². The lowest BCUT2D eigenvalue weighted by Crippen LogP contribution is -2.28. The van der Waals surface area contributed by atoms with Gasteiger partial charge in [-0.25, -0.2) is 9.97 Å². The van der Waals surface area contributed by atoms with Crippen LogP contribution in [0.4, 0.5) is 5.95 Å². The van der Waals surface area contributed by atoms with Crippen LogP contribution >= 0.6 is 11.3 Å². The van der Waals surface area contributed by atoms with Gasteiger partial charge in [-0.1, -0.05) is 6.07 Å². The number of hydrogen-bond acceptors (Lipinski definition) is 6. The highest BCUT2D eigenvalue weighted by Crippen LogP contribution is 2.21. The van der Waals surface area contributed by atoms with Crippen LogP contribution in [0.15, 0.2) is 48.2 Å². The van der Waals surface area contributed by atoms with Crippen molar-refractivity contribution in [1.29, 1.82) is 0 Å². The molecule has 0 bridgehead atoms. The van der Waals surface area contributed by atoms with E-state index in [9.17, 15) is 0 Å². The van der Waals surface area contributed by atoms with Gasteiger partial charge in [-0.05, 0) is 35.9 Å². The molecular formula is C18H22N6S. The highest BCUT2D eigenvalue weighted by molar-refractivity contribution is 7.09. The van der Waals surface area contributed by atoms with Crippen molar-refractivity contribution in [1.82, 2.24) is 24.6 Å². The fraction of sp³-hybridized carbons (Fsp3) is 0.389. The number of nitrogens with zero attached hydrogens (tertiary/aromatic N) is 5. The first kappa shape index (κ1) is 16.2. The molecular weight excluding hydrogens is 332 g/mol. The lowest BCUT2D eigenvalue weighted by atomic mass is 10.1. The first-order chi connectivity index (χ1) is 12.4. The average Bonchev–Trinajstić information content (AvgIpc) is 3.25. The zero-order chi connectivity index (χ0) is 16.9. The highest BCUT2D eigenvalue weighted by Gasteiger charge is 2.22. The minimum atomic E-state index is 0.553. The van der Waals surface area contributed by atoms with E-state index >= 15 is 0 Å². The molecule has 0 radical (unpaired) electrons. The molecule has 0 spiro atoms. The molecule has 130 valence electrons. The van der Waals surface area contributed by atoms with Gasteiger partial charge in [-0.2, -0.15) is 5.10 Å². The van der Waals surface area contributed by atoms with Crippen LogP contribution < -0.4 is 5.32 Å². The Morgan fingerprint density at radius 2 is 2.04 bits per heavy atom. The number of thiophene rings is 1. The molecule has 0 aromatic carbocycles. The molecule has 25 heavy (non-hydrogen) atoms. The minimum Gasteiger partial charge on any atom is -0.354 e. The fourth-order valence-corrected chi connectivity index (χ4v) is 4.07. The van der Waals surface area contributed by atoms with Gasteiger partial charge in [0.05, 0.1) is 5.69 Å². The quantitative estimate of drug-likeness (QED) is 0.738. The highest BCUT2D eigenvalue weighted by atomic mass is 32.1. The lowest BCUT2D eigenvalue weighted by Gasteiger charge is -2.23. The summed E-state index contributed by atoms with van der Waals surface area (Å²) in [5.41, 5.74) is 1.30. The van der Waals surface area contributed by atoms with E-state index in [-0.39, 0.29) is 0 Å². The molecule has 0 saturated carbocycles. The zero-order valence-corrected chi connectivity index (χ0v) is 14.9. The summed E-state index contributed by atoms with van der Waals surface area (Å²) in [4.78, 5) is 12.4. The van der Waals surface area contributed by atoms with Crippen LogP contribution in [0.1, 0.15) is 17.0 Å². The van der Waals surface area contributed by atoms with Gasteiger partial charge in [0.1, 0.15) is 0 Å². The van der Waals surface area contributed by atoms with Crippen LogP contribution in [0.2, 0.25) is 0 Å². The van der Waals surface area contributed by atoms with Crippen molar-refractivity contribution in [3.05, 3.63) is 58.8 Å². The normalized spacial score (nSPS) is 17.8. The molecule has 0 amide bonds. The second kappa shape index (κ2) is 7.76. The topological polar surface area (TPSA) is 58.9 Å². The second-order valence-electron chi connectivity index (χ2n) is 6.41. The molecule has 1 atom stereocenters. The Morgan fingerprint density at radius 1 is 1.12 bits per heavy atom. The van der Waals surface area contributed by atoms with Gasteiger partial charge in [0.2, 0.25) is 5.95 Å². The summed E-state index contributed by atoms with van der Waals surface area (Å²) < 4.78 is 2.16. The number of rotatable bonds is 6. The van der Waals surface area contributed by atoms with Gasteiger partial charge in [-0.15, -0.1) is 11.3 Å². The molecule has 1 aliphatic rings. The Morgan fingerprint density at radius 3 is 2.88 bits per heavy atom. The summed E-state index contributed by atoms with van der Waals surface area (Å²) in [5, 5.41) is 9.99. The van der Waals surface area contributed by atoms with Gasteiger partial charge >= 0.3 is 0 Å². The number of nitrogens with one attached hydrogen (secondary N) is 1. The van der Waals surface area contributed by atoms with Crippen LogP contribution in [0.5, 0.6) is 0 Å². The maximum atomic E-state index is 4.51. The van der Waals surface area contributed by atoms with Crippen molar-refractivity contribution < 1.29 is 0 Å². The summed E-state index contributed by atoms with van der Waals surface area (Å²) in [6, 6.07) is 8.32. The summed E-state index contributed by atoms with van der Waals surface area (Å²) >= 11 is 1.83. The maximum absolute atomic E-state index is 4.51. The fourth-order valence-electron chi connectivity index (χ4n) is 3.32. The third kappa shape index (κ3) is 4.24. The minimum absolute atomic E-state index is 0.553. The van der Waals surface area contributed by atoms with Gasteiger partial charge in [0.25, 0.3) is 0 Å². The molecule has 3 aromatic rings. The van der Waals surface area contributed by atoms with Crippen molar-refractivity contribution in [2.45, 2.75) is 26.1 Å². The van der Waals surface area contributed by atoms with Crippen LogP contribution in [-0.4, -0.2) is 37.7 Å². The Labute approximate surface area is 151 Å². The van der Waals surface area contributed by atoms with E-state index in [1.165, 1.54) is 10.6 Å². The van der Waals surface area contributed by atoms with Crippen molar-refractivity contribution in [3.63, 3.8) is 0 Å². The molecule has 7 heteroatoms. The molecule has 4 rings (SSSR count). The number of fused-ring (bicyclic) bond motifs is 1. The van der Waals surface area contributed by atoms with Crippen molar-refractivity contribution >= 4 is 17.3 Å².